The first-order valence-corrected chi connectivity index (χ1v) is 5.86. The second-order valence-electron chi connectivity index (χ2n) is 3.65. The van der Waals surface area contributed by atoms with Crippen LogP contribution in [0.1, 0.15) is 0 Å². The molecule has 4 rings (SSSR count). The van der Waals surface area contributed by atoms with E-state index in [-0.39, 0.29) is 0 Å². The van der Waals surface area contributed by atoms with Gasteiger partial charge in [0.05, 0.1) is 16.6 Å². The molecular weight excluding hydrogens is 218 g/mol. The Bertz CT molecular complexity index is 747. The van der Waals surface area contributed by atoms with Crippen LogP contribution in [0.2, 0.25) is 0 Å². The topological polar surface area (TPSA) is 30.2 Å². The van der Waals surface area contributed by atoms with Crippen molar-refractivity contribution in [2.45, 2.75) is 0 Å². The molecule has 4 aromatic rings. The van der Waals surface area contributed by atoms with Crippen molar-refractivity contribution in [1.82, 2.24) is 14.4 Å². The van der Waals surface area contributed by atoms with E-state index >= 15 is 0 Å². The zero-order valence-electron chi connectivity index (χ0n) is 8.29. The predicted molar refractivity (Wildman–Crippen MR) is 65.9 cm³/mol. The second kappa shape index (κ2) is 2.80. The molecule has 16 heavy (non-hydrogen) atoms. The standard InChI is InChI=1S/C12H7N3S/c1-2-5-9-8(4-1)14-12-15(9)10-6-3-7-13-11(10)16-12/h1-7H. The van der Waals surface area contributed by atoms with Gasteiger partial charge in [-0.1, -0.05) is 23.5 Å². The van der Waals surface area contributed by atoms with Crippen molar-refractivity contribution in [3.05, 3.63) is 42.6 Å². The van der Waals surface area contributed by atoms with E-state index in [1.54, 1.807) is 11.3 Å². The number of nitrogens with zero attached hydrogens (tertiary/aromatic N) is 3. The van der Waals surface area contributed by atoms with E-state index in [1.165, 1.54) is 0 Å². The van der Waals surface area contributed by atoms with Gasteiger partial charge in [0, 0.05) is 6.20 Å². The van der Waals surface area contributed by atoms with Crippen molar-refractivity contribution in [2.24, 2.45) is 0 Å². The summed E-state index contributed by atoms with van der Waals surface area (Å²) in [5.74, 6) is 0. The van der Waals surface area contributed by atoms with Crippen LogP contribution in [0.25, 0.3) is 26.3 Å². The highest BCUT2D eigenvalue weighted by molar-refractivity contribution is 7.23. The number of para-hydroxylation sites is 2. The zero-order chi connectivity index (χ0) is 10.5. The van der Waals surface area contributed by atoms with Crippen molar-refractivity contribution >= 4 is 37.7 Å². The molecule has 0 amide bonds. The Balaban J connectivity index is 2.38. The summed E-state index contributed by atoms with van der Waals surface area (Å²) >= 11 is 1.63. The number of benzene rings is 1. The predicted octanol–water partition coefficient (Wildman–Crippen LogP) is 3.10. The van der Waals surface area contributed by atoms with E-state index in [0.717, 1.165) is 26.3 Å². The minimum Gasteiger partial charge on any atom is -0.281 e. The van der Waals surface area contributed by atoms with Gasteiger partial charge in [-0.15, -0.1) is 0 Å². The summed E-state index contributed by atoms with van der Waals surface area (Å²) < 4.78 is 2.17. The fourth-order valence-corrected chi connectivity index (χ4v) is 3.01. The smallest absolute Gasteiger partial charge is 0.197 e. The highest BCUT2D eigenvalue weighted by atomic mass is 32.1. The van der Waals surface area contributed by atoms with Crippen LogP contribution in [0.4, 0.5) is 0 Å². The molecule has 0 aliphatic rings. The third kappa shape index (κ3) is 0.919. The molecule has 4 heteroatoms. The minimum absolute atomic E-state index is 1.01. The summed E-state index contributed by atoms with van der Waals surface area (Å²) in [6.07, 6.45) is 1.82. The van der Waals surface area contributed by atoms with E-state index in [9.17, 15) is 0 Å². The second-order valence-corrected chi connectivity index (χ2v) is 4.60. The molecule has 3 aromatic heterocycles. The lowest BCUT2D eigenvalue weighted by Crippen LogP contribution is -1.80. The number of thiazole rings is 1. The van der Waals surface area contributed by atoms with E-state index in [2.05, 4.69) is 26.5 Å². The molecule has 0 bridgehead atoms. The Morgan fingerprint density at radius 2 is 1.88 bits per heavy atom. The fraction of sp³-hybridized carbons (Fsp3) is 0. The summed E-state index contributed by atoms with van der Waals surface area (Å²) in [6.45, 7) is 0. The molecule has 3 nitrogen and oxygen atoms in total. The van der Waals surface area contributed by atoms with Gasteiger partial charge in [0.25, 0.3) is 0 Å². The maximum absolute atomic E-state index is 4.59. The summed E-state index contributed by atoms with van der Waals surface area (Å²) in [4.78, 5) is 11.0. The van der Waals surface area contributed by atoms with Gasteiger partial charge >= 0.3 is 0 Å². The van der Waals surface area contributed by atoms with Crippen molar-refractivity contribution in [2.75, 3.05) is 0 Å². The molecule has 3 heterocycles. The summed E-state index contributed by atoms with van der Waals surface area (Å²) in [5.41, 5.74) is 3.33. The lowest BCUT2D eigenvalue weighted by molar-refractivity contribution is 1.32. The Labute approximate surface area is 95.0 Å². The van der Waals surface area contributed by atoms with Gasteiger partial charge in [0.15, 0.2) is 4.96 Å². The number of fused-ring (bicyclic) bond motifs is 5. The van der Waals surface area contributed by atoms with Gasteiger partial charge in [0.1, 0.15) is 4.83 Å². The van der Waals surface area contributed by atoms with E-state index in [0.29, 0.717) is 0 Å². The van der Waals surface area contributed by atoms with Crippen LogP contribution in [0, 0.1) is 0 Å². The van der Waals surface area contributed by atoms with Gasteiger partial charge in [-0.05, 0) is 24.3 Å². The maximum atomic E-state index is 4.59. The van der Waals surface area contributed by atoms with Crippen LogP contribution in [-0.4, -0.2) is 14.4 Å². The van der Waals surface area contributed by atoms with Crippen LogP contribution in [0.5, 0.6) is 0 Å². The quantitative estimate of drug-likeness (QED) is 0.460. The van der Waals surface area contributed by atoms with Gasteiger partial charge in [-0.25, -0.2) is 9.97 Å². The molecule has 0 spiro atoms. The Morgan fingerprint density at radius 1 is 1.00 bits per heavy atom. The monoisotopic (exact) mass is 225 g/mol. The molecule has 1 aromatic carbocycles. The van der Waals surface area contributed by atoms with Crippen molar-refractivity contribution < 1.29 is 0 Å². The van der Waals surface area contributed by atoms with Gasteiger partial charge in [0.2, 0.25) is 0 Å². The molecule has 0 saturated carbocycles. The van der Waals surface area contributed by atoms with Gasteiger partial charge < -0.3 is 0 Å². The van der Waals surface area contributed by atoms with E-state index in [1.807, 2.05) is 30.5 Å². The molecule has 0 saturated heterocycles. The SMILES string of the molecule is c1ccc2c(c1)nc1sc3ncccc3n12. The average Bonchev–Trinajstić information content (AvgIpc) is 2.83. The number of hydrogen-bond acceptors (Lipinski definition) is 3. The molecule has 0 fully saturated rings. The van der Waals surface area contributed by atoms with Crippen LogP contribution in [-0.2, 0) is 0 Å². The first-order valence-electron chi connectivity index (χ1n) is 5.04. The van der Waals surface area contributed by atoms with Gasteiger partial charge in [-0.2, -0.15) is 0 Å². The Hall–Kier alpha value is -1.94. The lowest BCUT2D eigenvalue weighted by atomic mass is 10.3. The Kier molecular flexibility index (Phi) is 1.44. The molecule has 0 radical (unpaired) electrons. The number of aromatic nitrogens is 3. The number of pyridine rings is 1. The highest BCUT2D eigenvalue weighted by Crippen LogP contribution is 2.28. The number of hydrogen-bond donors (Lipinski definition) is 0. The third-order valence-electron chi connectivity index (χ3n) is 2.71. The zero-order valence-corrected chi connectivity index (χ0v) is 9.11. The third-order valence-corrected chi connectivity index (χ3v) is 3.67. The molecule has 76 valence electrons. The van der Waals surface area contributed by atoms with Crippen LogP contribution in [0.3, 0.4) is 0 Å². The van der Waals surface area contributed by atoms with Crippen molar-refractivity contribution in [3.63, 3.8) is 0 Å². The lowest BCUT2D eigenvalue weighted by Gasteiger charge is -1.92. The highest BCUT2D eigenvalue weighted by Gasteiger charge is 2.10. The molecule has 0 atom stereocenters. The molecule has 0 unspecified atom stereocenters. The molecule has 0 aliphatic heterocycles. The van der Waals surface area contributed by atoms with Crippen molar-refractivity contribution in [3.8, 4) is 0 Å². The summed E-state index contributed by atoms with van der Waals surface area (Å²) in [7, 11) is 0. The largest absolute Gasteiger partial charge is 0.281 e. The first-order chi connectivity index (χ1) is 7.93. The Morgan fingerprint density at radius 3 is 2.88 bits per heavy atom. The van der Waals surface area contributed by atoms with Crippen LogP contribution in [0.15, 0.2) is 42.6 Å². The van der Waals surface area contributed by atoms with E-state index < -0.39 is 0 Å². The van der Waals surface area contributed by atoms with Crippen LogP contribution >= 0.6 is 11.3 Å². The average molecular weight is 225 g/mol. The number of rotatable bonds is 0. The number of imidazole rings is 1. The normalized spacial score (nSPS) is 11.8. The van der Waals surface area contributed by atoms with E-state index in [4.69, 9.17) is 0 Å². The first kappa shape index (κ1) is 8.24. The van der Waals surface area contributed by atoms with Crippen LogP contribution < -0.4 is 0 Å². The molecular formula is C12H7N3S. The maximum Gasteiger partial charge on any atom is 0.197 e. The molecule has 0 aliphatic carbocycles. The van der Waals surface area contributed by atoms with Gasteiger partial charge in [-0.3, -0.25) is 4.40 Å². The van der Waals surface area contributed by atoms with Crippen molar-refractivity contribution in [1.29, 1.82) is 0 Å². The summed E-state index contributed by atoms with van der Waals surface area (Å²) in [6, 6.07) is 12.2. The minimum atomic E-state index is 1.01. The molecule has 0 N–H and O–H groups in total. The summed E-state index contributed by atoms with van der Waals surface area (Å²) in [5, 5.41) is 0. The fourth-order valence-electron chi connectivity index (χ4n) is 2.02.